The number of hydrogen-bond acceptors (Lipinski definition) is 2. The molecule has 3 aliphatic carbocycles. The van der Waals surface area contributed by atoms with E-state index in [0.717, 1.165) is 67.0 Å². The van der Waals surface area contributed by atoms with E-state index in [0.29, 0.717) is 0 Å². The Bertz CT molecular complexity index is 4140. The Labute approximate surface area is 419 Å². The molecule has 0 bridgehead atoms. The van der Waals surface area contributed by atoms with E-state index in [4.69, 9.17) is 5.10 Å². The summed E-state index contributed by atoms with van der Waals surface area (Å²) < 4.78 is 2.21. The van der Waals surface area contributed by atoms with Crippen LogP contribution in [0.3, 0.4) is 0 Å². The molecule has 3 aliphatic rings. The van der Waals surface area contributed by atoms with Gasteiger partial charge in [-0.25, -0.2) is 4.52 Å². The maximum atomic E-state index is 5.62. The zero-order chi connectivity index (χ0) is 47.7. The van der Waals surface area contributed by atoms with E-state index in [2.05, 4.69) is 272 Å². The third-order valence-electron chi connectivity index (χ3n) is 16.2. The van der Waals surface area contributed by atoms with Crippen molar-refractivity contribution in [3.05, 3.63) is 282 Å². The van der Waals surface area contributed by atoms with Crippen LogP contribution >= 0.6 is 0 Å². The van der Waals surface area contributed by atoms with E-state index in [-0.39, 0.29) is 5.41 Å². The van der Waals surface area contributed by atoms with Crippen LogP contribution in [0.4, 0.5) is 17.1 Å². The summed E-state index contributed by atoms with van der Waals surface area (Å²) in [6, 6.07) is 92.2. The second kappa shape index (κ2) is 15.2. The fourth-order valence-electron chi connectivity index (χ4n) is 13.3. The molecule has 0 amide bonds. The van der Waals surface area contributed by atoms with E-state index in [1.165, 1.54) is 66.8 Å². The number of pyridine rings is 1. The predicted molar refractivity (Wildman–Crippen MR) is 298 cm³/mol. The largest absolute Gasteiger partial charge is 0.309 e. The Morgan fingerprint density at radius 3 is 1.42 bits per heavy atom. The summed E-state index contributed by atoms with van der Waals surface area (Å²) in [7, 11) is 0. The second-order valence-electron chi connectivity index (χ2n) is 20.1. The van der Waals surface area contributed by atoms with E-state index in [1.54, 1.807) is 0 Å². The predicted octanol–water partition coefficient (Wildman–Crippen LogP) is 17.6. The lowest BCUT2D eigenvalue weighted by Gasteiger charge is -2.33. The van der Waals surface area contributed by atoms with Crippen LogP contribution in [0.25, 0.3) is 83.3 Å². The first-order valence-electron chi connectivity index (χ1n) is 25.1. The van der Waals surface area contributed by atoms with Crippen molar-refractivity contribution in [2.75, 3.05) is 4.90 Å². The minimum Gasteiger partial charge on any atom is -0.309 e. The molecule has 0 saturated carbocycles. The van der Waals surface area contributed by atoms with E-state index in [9.17, 15) is 0 Å². The van der Waals surface area contributed by atoms with Gasteiger partial charge in [-0.2, -0.15) is 5.10 Å². The molecular formula is C69H47N3. The number of hydrogen-bond donors (Lipinski definition) is 0. The molecule has 2 heterocycles. The summed E-state index contributed by atoms with van der Waals surface area (Å²) in [5, 5.41) is 7.88. The van der Waals surface area contributed by atoms with E-state index in [1.807, 2.05) is 0 Å². The van der Waals surface area contributed by atoms with Crippen LogP contribution < -0.4 is 4.90 Å². The minimum absolute atomic E-state index is 0.207. The smallest absolute Gasteiger partial charge is 0.101 e. The van der Waals surface area contributed by atoms with Crippen molar-refractivity contribution in [2.45, 2.75) is 24.7 Å². The first-order chi connectivity index (χ1) is 35.5. The molecule has 10 aromatic carbocycles. The minimum atomic E-state index is -0.505. The zero-order valence-electron chi connectivity index (χ0n) is 40.0. The third-order valence-corrected chi connectivity index (χ3v) is 16.2. The van der Waals surface area contributed by atoms with Crippen LogP contribution in [0.1, 0.15) is 47.2 Å². The van der Waals surface area contributed by atoms with E-state index < -0.39 is 5.41 Å². The highest BCUT2D eigenvalue weighted by atomic mass is 15.2. The Morgan fingerprint density at radius 2 is 0.792 bits per heavy atom. The Kier molecular flexibility index (Phi) is 8.63. The molecule has 0 saturated heterocycles. The van der Waals surface area contributed by atoms with Gasteiger partial charge in [0.1, 0.15) is 5.69 Å². The molecule has 0 aliphatic heterocycles. The fraction of sp³-hybridized carbons (Fsp3) is 0.0580. The summed E-state index contributed by atoms with van der Waals surface area (Å²) in [6.07, 6.45) is 0. The molecule has 1 spiro atoms. The lowest BCUT2D eigenvalue weighted by molar-refractivity contribution is 0.660. The SMILES string of the molecule is CC1(C)c2ccccc2-c2c(N(c3cccc4c3-c3ccccc3C43c4ccccc4-c4ccccc43)c3cccc4c3cc(-c3ccccc3)n3nc(-c5ccccc5)c(-c5ccccc5)c43)cccc21. The fourth-order valence-corrected chi connectivity index (χ4v) is 13.3. The standard InChI is InChI=1S/C69H47N3/c1-68(2)53-34-16-14-31-50(53)64-57(68)38-21-41-60(64)71(61-42-22-39-58-65(61)51-32-15-19-37-56(51)69(58)54-35-17-12-29-47(54)48-30-13-18-36-55(48)69)59-40-20-33-49-52(59)43-62(44-23-6-3-7-24-44)72-67(49)63(45-25-8-4-9-26-45)66(70-72)46-27-10-5-11-28-46/h3-43H,1-2H3. The van der Waals surface area contributed by atoms with Crippen molar-refractivity contribution in [3.63, 3.8) is 0 Å². The van der Waals surface area contributed by atoms with Gasteiger partial charge < -0.3 is 4.90 Å². The lowest BCUT2D eigenvalue weighted by Crippen LogP contribution is -2.26. The molecule has 72 heavy (non-hydrogen) atoms. The lowest BCUT2D eigenvalue weighted by atomic mass is 9.70. The summed E-state index contributed by atoms with van der Waals surface area (Å²) in [6.45, 7) is 4.77. The molecular weight excluding hydrogens is 871 g/mol. The highest BCUT2D eigenvalue weighted by Gasteiger charge is 2.52. The number of aromatic nitrogens is 2. The first-order valence-corrected chi connectivity index (χ1v) is 25.1. The summed E-state index contributed by atoms with van der Waals surface area (Å²) in [4.78, 5) is 2.63. The van der Waals surface area contributed by atoms with Crippen LogP contribution in [0.2, 0.25) is 0 Å². The van der Waals surface area contributed by atoms with Gasteiger partial charge in [0, 0.05) is 44.0 Å². The molecule has 0 atom stereocenters. The maximum Gasteiger partial charge on any atom is 0.101 e. The normalized spacial score (nSPS) is 13.9. The molecule has 338 valence electrons. The van der Waals surface area contributed by atoms with E-state index >= 15 is 0 Å². The van der Waals surface area contributed by atoms with Gasteiger partial charge in [0.2, 0.25) is 0 Å². The van der Waals surface area contributed by atoms with Crippen molar-refractivity contribution in [3.8, 4) is 67.0 Å². The molecule has 0 N–H and O–H groups in total. The molecule has 15 rings (SSSR count). The average Bonchev–Trinajstić information content (AvgIpc) is 4.15. The van der Waals surface area contributed by atoms with Crippen molar-refractivity contribution in [2.24, 2.45) is 0 Å². The second-order valence-corrected chi connectivity index (χ2v) is 20.1. The quantitative estimate of drug-likeness (QED) is 0.166. The number of anilines is 3. The van der Waals surface area contributed by atoms with Crippen LogP contribution in [0.15, 0.2) is 249 Å². The van der Waals surface area contributed by atoms with Gasteiger partial charge in [-0.3, -0.25) is 0 Å². The van der Waals surface area contributed by atoms with Gasteiger partial charge >= 0.3 is 0 Å². The van der Waals surface area contributed by atoms with Crippen LogP contribution in [-0.2, 0) is 10.8 Å². The molecule has 12 aromatic rings. The van der Waals surface area contributed by atoms with Gasteiger partial charge in [-0.05, 0) is 85.5 Å². The van der Waals surface area contributed by atoms with Gasteiger partial charge in [0.05, 0.1) is 33.7 Å². The summed E-state index contributed by atoms with van der Waals surface area (Å²) >= 11 is 0. The molecule has 3 heteroatoms. The summed E-state index contributed by atoms with van der Waals surface area (Å²) in [5.41, 5.74) is 25.8. The van der Waals surface area contributed by atoms with Gasteiger partial charge in [-0.15, -0.1) is 0 Å². The molecule has 2 aromatic heterocycles. The molecule has 0 radical (unpaired) electrons. The monoisotopic (exact) mass is 917 g/mol. The van der Waals surface area contributed by atoms with Gasteiger partial charge in [0.15, 0.2) is 0 Å². The van der Waals surface area contributed by atoms with Crippen molar-refractivity contribution in [1.82, 2.24) is 9.61 Å². The molecule has 3 nitrogen and oxygen atoms in total. The third kappa shape index (κ3) is 5.42. The van der Waals surface area contributed by atoms with Crippen LogP contribution in [0, 0.1) is 0 Å². The van der Waals surface area contributed by atoms with Crippen molar-refractivity contribution in [1.29, 1.82) is 0 Å². The number of fused-ring (bicyclic) bond motifs is 16. The van der Waals surface area contributed by atoms with Crippen molar-refractivity contribution >= 4 is 33.4 Å². The topological polar surface area (TPSA) is 20.5 Å². The number of nitrogens with zero attached hydrogens (tertiary/aromatic N) is 3. The van der Waals surface area contributed by atoms with Gasteiger partial charge in [-0.1, -0.05) is 238 Å². The highest BCUT2D eigenvalue weighted by Crippen LogP contribution is 2.65. The number of benzene rings is 10. The van der Waals surface area contributed by atoms with Crippen molar-refractivity contribution < 1.29 is 0 Å². The van der Waals surface area contributed by atoms with Gasteiger partial charge in [0.25, 0.3) is 0 Å². The average molecular weight is 918 g/mol. The number of rotatable bonds is 6. The zero-order valence-corrected chi connectivity index (χ0v) is 40.0. The molecule has 0 fully saturated rings. The summed E-state index contributed by atoms with van der Waals surface area (Å²) in [5.74, 6) is 0. The Balaban J connectivity index is 1.11. The van der Waals surface area contributed by atoms with Crippen LogP contribution in [0.5, 0.6) is 0 Å². The molecule has 0 unspecified atom stereocenters. The van der Waals surface area contributed by atoms with Crippen LogP contribution in [-0.4, -0.2) is 9.61 Å². The Hall–Kier alpha value is -9.05. The highest BCUT2D eigenvalue weighted by molar-refractivity contribution is 6.15. The first kappa shape index (κ1) is 40.8. The Morgan fingerprint density at radius 1 is 0.347 bits per heavy atom. The maximum absolute atomic E-state index is 5.62.